The van der Waals surface area contributed by atoms with E-state index in [4.69, 9.17) is 0 Å². The van der Waals surface area contributed by atoms with E-state index in [-0.39, 0.29) is 20.1 Å². The summed E-state index contributed by atoms with van der Waals surface area (Å²) in [6.07, 6.45) is -3.49. The summed E-state index contributed by atoms with van der Waals surface area (Å²) in [5, 5.41) is 1.80. The van der Waals surface area contributed by atoms with E-state index in [0.717, 1.165) is 17.1 Å². The van der Waals surface area contributed by atoms with Gasteiger partial charge in [-0.15, -0.1) is 5.38 Å². The Morgan fingerprint density at radius 1 is 1.25 bits per heavy atom. The van der Waals surface area contributed by atoms with Crippen molar-refractivity contribution in [2.75, 3.05) is 0 Å². The third-order valence-corrected chi connectivity index (χ3v) is 2.63. The molecule has 0 saturated carbocycles. The maximum Gasteiger partial charge on any atom is 0.417 e. The van der Waals surface area contributed by atoms with E-state index in [1.807, 2.05) is 0 Å². The maximum absolute atomic E-state index is 12.2. The van der Waals surface area contributed by atoms with Gasteiger partial charge in [0.1, 0.15) is 0 Å². The van der Waals surface area contributed by atoms with Crippen molar-refractivity contribution in [2.45, 2.75) is 6.18 Å². The number of thiophene rings is 1. The number of halogens is 3. The Morgan fingerprint density at radius 3 is 2.44 bits per heavy atom. The van der Waals surface area contributed by atoms with Gasteiger partial charge >= 0.3 is 6.18 Å². The Bertz CT molecular complexity index is 436. The van der Waals surface area contributed by atoms with Crippen LogP contribution in [0, 0.1) is 6.07 Å². The molecule has 0 amide bonds. The molecule has 0 aromatic carbocycles. The van der Waals surface area contributed by atoms with E-state index in [1.165, 1.54) is 17.4 Å². The average Bonchev–Trinajstić information content (AvgIpc) is 2.69. The zero-order valence-corrected chi connectivity index (χ0v) is 10.9. The van der Waals surface area contributed by atoms with E-state index in [1.54, 1.807) is 11.4 Å². The molecule has 0 atom stereocenters. The van der Waals surface area contributed by atoms with Crippen LogP contribution < -0.4 is 0 Å². The second-order valence-corrected chi connectivity index (χ2v) is 3.74. The third-order valence-electron chi connectivity index (χ3n) is 1.79. The van der Waals surface area contributed by atoms with Crippen molar-refractivity contribution >= 4 is 11.3 Å². The molecule has 0 N–H and O–H groups in total. The number of hydrogen-bond donors (Lipinski definition) is 0. The van der Waals surface area contributed by atoms with Crippen LogP contribution in [0.1, 0.15) is 5.56 Å². The number of rotatable bonds is 1. The Hall–Kier alpha value is -0.711. The van der Waals surface area contributed by atoms with Gasteiger partial charge in [-0.1, -0.05) is 17.0 Å². The SMILES string of the molecule is FC(F)(F)c1ccc(-c2[c-]ccs2)nc1.[Ir]. The molecule has 0 saturated heterocycles. The summed E-state index contributed by atoms with van der Waals surface area (Å²) in [5.74, 6) is 0. The standard InChI is InChI=1S/C10H5F3NS.Ir/c11-10(12,13)7-3-4-8(14-6-7)9-2-1-5-15-9;/h1,3-6H;/q-1;. The van der Waals surface area contributed by atoms with Crippen LogP contribution in [0.3, 0.4) is 0 Å². The molecule has 1 nitrogen and oxygen atoms in total. The van der Waals surface area contributed by atoms with E-state index in [9.17, 15) is 13.2 Å². The molecule has 2 aromatic heterocycles. The quantitative estimate of drug-likeness (QED) is 0.643. The van der Waals surface area contributed by atoms with Gasteiger partial charge in [-0.05, 0) is 5.69 Å². The normalized spacial score (nSPS) is 10.9. The van der Waals surface area contributed by atoms with Crippen LogP contribution in [0.25, 0.3) is 10.6 Å². The summed E-state index contributed by atoms with van der Waals surface area (Å²) in [5.41, 5.74) is -0.221. The molecule has 87 valence electrons. The van der Waals surface area contributed by atoms with Crippen molar-refractivity contribution in [1.29, 1.82) is 0 Å². The van der Waals surface area contributed by atoms with Gasteiger partial charge in [-0.3, -0.25) is 0 Å². The summed E-state index contributed by atoms with van der Waals surface area (Å²) in [7, 11) is 0. The number of pyridine rings is 1. The van der Waals surface area contributed by atoms with Crippen LogP contribution >= 0.6 is 11.3 Å². The van der Waals surface area contributed by atoms with Crippen LogP contribution in [-0.4, -0.2) is 4.98 Å². The topological polar surface area (TPSA) is 12.9 Å². The van der Waals surface area contributed by atoms with E-state index < -0.39 is 11.7 Å². The second-order valence-electron chi connectivity index (χ2n) is 2.82. The molecule has 2 aromatic rings. The molecule has 2 heterocycles. The second kappa shape index (κ2) is 5.08. The molecule has 0 fully saturated rings. The molecule has 1 radical (unpaired) electrons. The molecule has 6 heteroatoms. The van der Waals surface area contributed by atoms with E-state index in [0.29, 0.717) is 5.69 Å². The molecule has 0 aliphatic carbocycles. The maximum atomic E-state index is 12.2. The van der Waals surface area contributed by atoms with Gasteiger partial charge in [0, 0.05) is 26.3 Å². The van der Waals surface area contributed by atoms with Crippen LogP contribution in [-0.2, 0) is 26.3 Å². The smallest absolute Gasteiger partial charge is 0.318 e. The first kappa shape index (κ1) is 13.4. The monoisotopic (exact) mass is 421 g/mol. The van der Waals surface area contributed by atoms with Crippen LogP contribution in [0.5, 0.6) is 0 Å². The number of hydrogen-bond acceptors (Lipinski definition) is 2. The Labute approximate surface area is 108 Å². The van der Waals surface area contributed by atoms with Gasteiger partial charge in [0.25, 0.3) is 0 Å². The molecule has 16 heavy (non-hydrogen) atoms. The molecule has 0 spiro atoms. The van der Waals surface area contributed by atoms with Gasteiger partial charge in [0.15, 0.2) is 0 Å². The predicted molar refractivity (Wildman–Crippen MR) is 51.4 cm³/mol. The van der Waals surface area contributed by atoms with Crippen molar-refractivity contribution in [3.05, 3.63) is 41.4 Å². The molecule has 0 aliphatic rings. The zero-order valence-electron chi connectivity index (χ0n) is 7.71. The molecule has 0 bridgehead atoms. The molecule has 0 aliphatic heterocycles. The molecule has 2 rings (SSSR count). The third kappa shape index (κ3) is 2.90. The first-order valence-electron chi connectivity index (χ1n) is 4.06. The fourth-order valence-corrected chi connectivity index (χ4v) is 1.73. The predicted octanol–water partition coefficient (Wildman–Crippen LogP) is 3.63. The van der Waals surface area contributed by atoms with Crippen LogP contribution in [0.2, 0.25) is 0 Å². The van der Waals surface area contributed by atoms with Crippen molar-refractivity contribution in [2.24, 2.45) is 0 Å². The first-order valence-corrected chi connectivity index (χ1v) is 4.94. The van der Waals surface area contributed by atoms with E-state index >= 15 is 0 Å². The van der Waals surface area contributed by atoms with Crippen LogP contribution in [0.15, 0.2) is 29.8 Å². The van der Waals surface area contributed by atoms with E-state index in [2.05, 4.69) is 11.1 Å². The summed E-state index contributed by atoms with van der Waals surface area (Å²) < 4.78 is 36.7. The fraction of sp³-hybridized carbons (Fsp3) is 0.100. The summed E-state index contributed by atoms with van der Waals surface area (Å²) in [6, 6.07) is 6.97. The Kier molecular flexibility index (Phi) is 4.24. The van der Waals surface area contributed by atoms with Gasteiger partial charge < -0.3 is 4.98 Å². The van der Waals surface area contributed by atoms with Gasteiger partial charge in [0.05, 0.1) is 5.56 Å². The molecule has 0 unspecified atom stereocenters. The van der Waals surface area contributed by atoms with Crippen LogP contribution in [0.4, 0.5) is 13.2 Å². The Balaban J connectivity index is 0.00000128. The van der Waals surface area contributed by atoms with Gasteiger partial charge in [-0.25, -0.2) is 11.3 Å². The summed E-state index contributed by atoms with van der Waals surface area (Å²) in [4.78, 5) is 4.49. The van der Waals surface area contributed by atoms with Crippen molar-refractivity contribution in [1.82, 2.24) is 4.98 Å². The minimum atomic E-state index is -4.33. The average molecular weight is 420 g/mol. The van der Waals surface area contributed by atoms with Gasteiger partial charge in [-0.2, -0.15) is 25.3 Å². The largest absolute Gasteiger partial charge is 0.417 e. The minimum Gasteiger partial charge on any atom is -0.318 e. The van der Waals surface area contributed by atoms with Crippen molar-refractivity contribution < 1.29 is 33.3 Å². The summed E-state index contributed by atoms with van der Waals surface area (Å²) >= 11 is 1.39. The van der Waals surface area contributed by atoms with Crippen molar-refractivity contribution in [3.63, 3.8) is 0 Å². The fourth-order valence-electron chi connectivity index (χ4n) is 1.08. The summed E-state index contributed by atoms with van der Waals surface area (Å²) in [6.45, 7) is 0. The Morgan fingerprint density at radius 2 is 2.00 bits per heavy atom. The first-order chi connectivity index (χ1) is 7.07. The number of nitrogens with zero attached hydrogens (tertiary/aromatic N) is 1. The minimum absolute atomic E-state index is 0. The van der Waals surface area contributed by atoms with Crippen molar-refractivity contribution in [3.8, 4) is 10.6 Å². The molecular weight excluding hydrogens is 415 g/mol. The number of alkyl halides is 3. The van der Waals surface area contributed by atoms with Gasteiger partial charge in [0.2, 0.25) is 0 Å². The zero-order chi connectivity index (χ0) is 10.9. The molecular formula is C10H5F3IrNS-. The number of aromatic nitrogens is 1.